The van der Waals surface area contributed by atoms with E-state index in [4.69, 9.17) is 10.5 Å². The van der Waals surface area contributed by atoms with Crippen molar-refractivity contribution in [1.82, 2.24) is 5.32 Å². The third-order valence-corrected chi connectivity index (χ3v) is 3.37. The van der Waals surface area contributed by atoms with Crippen molar-refractivity contribution in [1.29, 1.82) is 0 Å². The molecule has 17 heavy (non-hydrogen) atoms. The monoisotopic (exact) mass is 242 g/mol. The van der Waals surface area contributed by atoms with Crippen LogP contribution in [-0.2, 0) is 9.53 Å². The van der Waals surface area contributed by atoms with Crippen LogP contribution in [-0.4, -0.2) is 31.7 Å². The van der Waals surface area contributed by atoms with Gasteiger partial charge in [-0.2, -0.15) is 0 Å². The van der Waals surface area contributed by atoms with Crippen molar-refractivity contribution in [3.63, 3.8) is 0 Å². The summed E-state index contributed by atoms with van der Waals surface area (Å²) in [4.78, 5) is 11.6. The molecule has 0 radical (unpaired) electrons. The lowest BCUT2D eigenvalue weighted by atomic mass is 9.99. The molecule has 4 heteroatoms. The molecule has 0 aliphatic heterocycles. The van der Waals surface area contributed by atoms with Gasteiger partial charge in [0.25, 0.3) is 0 Å². The van der Waals surface area contributed by atoms with Gasteiger partial charge in [-0.25, -0.2) is 0 Å². The standard InChI is InChI=1S/C13H26N2O2/c1-3-10(2)12(14)13(16)15-7-4-8-17-9-11-5-6-11/h10-12H,3-9,14H2,1-2H3,(H,15,16). The Labute approximate surface area is 104 Å². The summed E-state index contributed by atoms with van der Waals surface area (Å²) in [6.07, 6.45) is 4.44. The molecule has 1 saturated carbocycles. The van der Waals surface area contributed by atoms with Crippen LogP contribution in [0.4, 0.5) is 0 Å². The van der Waals surface area contributed by atoms with Gasteiger partial charge in [0, 0.05) is 19.8 Å². The van der Waals surface area contributed by atoms with Crippen LogP contribution in [0.2, 0.25) is 0 Å². The Balaban J connectivity index is 1.94. The topological polar surface area (TPSA) is 64.4 Å². The first-order chi connectivity index (χ1) is 8.15. The zero-order valence-electron chi connectivity index (χ0n) is 11.1. The lowest BCUT2D eigenvalue weighted by Gasteiger charge is -2.17. The van der Waals surface area contributed by atoms with Crippen LogP contribution in [0.3, 0.4) is 0 Å². The van der Waals surface area contributed by atoms with Gasteiger partial charge in [-0.1, -0.05) is 20.3 Å². The summed E-state index contributed by atoms with van der Waals surface area (Å²) in [6, 6.07) is -0.382. The lowest BCUT2D eigenvalue weighted by Crippen LogP contribution is -2.45. The first-order valence-electron chi connectivity index (χ1n) is 6.76. The highest BCUT2D eigenvalue weighted by atomic mass is 16.5. The molecule has 0 saturated heterocycles. The van der Waals surface area contributed by atoms with Gasteiger partial charge < -0.3 is 15.8 Å². The second-order valence-corrected chi connectivity index (χ2v) is 5.07. The molecule has 1 aliphatic carbocycles. The van der Waals surface area contributed by atoms with Crippen molar-refractivity contribution in [2.24, 2.45) is 17.6 Å². The highest BCUT2D eigenvalue weighted by molar-refractivity contribution is 5.81. The number of carbonyl (C=O) groups is 1. The minimum atomic E-state index is -0.382. The van der Waals surface area contributed by atoms with Crippen molar-refractivity contribution < 1.29 is 9.53 Å². The fourth-order valence-electron chi connectivity index (χ4n) is 1.55. The van der Waals surface area contributed by atoms with Gasteiger partial charge in [0.1, 0.15) is 0 Å². The van der Waals surface area contributed by atoms with Crippen LogP contribution < -0.4 is 11.1 Å². The molecule has 0 aromatic heterocycles. The zero-order valence-corrected chi connectivity index (χ0v) is 11.1. The number of carbonyl (C=O) groups excluding carboxylic acids is 1. The summed E-state index contributed by atoms with van der Waals surface area (Å²) in [7, 11) is 0. The van der Waals surface area contributed by atoms with E-state index in [2.05, 4.69) is 5.32 Å². The summed E-state index contributed by atoms with van der Waals surface area (Å²) >= 11 is 0. The Morgan fingerprint density at radius 1 is 1.53 bits per heavy atom. The molecule has 2 atom stereocenters. The number of nitrogens with one attached hydrogen (secondary N) is 1. The van der Waals surface area contributed by atoms with E-state index < -0.39 is 0 Å². The van der Waals surface area contributed by atoms with Crippen LogP contribution in [0.1, 0.15) is 39.5 Å². The van der Waals surface area contributed by atoms with E-state index in [1.165, 1.54) is 12.8 Å². The van der Waals surface area contributed by atoms with E-state index in [-0.39, 0.29) is 17.9 Å². The van der Waals surface area contributed by atoms with Crippen molar-refractivity contribution >= 4 is 5.91 Å². The SMILES string of the molecule is CCC(C)C(N)C(=O)NCCCOCC1CC1. The highest BCUT2D eigenvalue weighted by Gasteiger charge is 2.21. The van der Waals surface area contributed by atoms with Gasteiger partial charge in [-0.15, -0.1) is 0 Å². The van der Waals surface area contributed by atoms with Crippen molar-refractivity contribution in [3.8, 4) is 0 Å². The fraction of sp³-hybridized carbons (Fsp3) is 0.923. The maximum absolute atomic E-state index is 11.6. The summed E-state index contributed by atoms with van der Waals surface area (Å²) in [6.45, 7) is 6.33. The molecule has 2 unspecified atom stereocenters. The van der Waals surface area contributed by atoms with E-state index in [0.29, 0.717) is 6.54 Å². The van der Waals surface area contributed by atoms with Crippen LogP contribution >= 0.6 is 0 Å². The van der Waals surface area contributed by atoms with Gasteiger partial charge in [0.2, 0.25) is 5.91 Å². The average molecular weight is 242 g/mol. The van der Waals surface area contributed by atoms with Gasteiger partial charge >= 0.3 is 0 Å². The first-order valence-corrected chi connectivity index (χ1v) is 6.76. The Kier molecular flexibility index (Phi) is 6.52. The molecule has 0 bridgehead atoms. The molecule has 1 aliphatic rings. The molecular formula is C13H26N2O2. The van der Waals surface area contributed by atoms with Crippen molar-refractivity contribution in [3.05, 3.63) is 0 Å². The normalized spacial score (nSPS) is 18.8. The van der Waals surface area contributed by atoms with Gasteiger partial charge in [0.15, 0.2) is 0 Å². The maximum Gasteiger partial charge on any atom is 0.237 e. The molecule has 4 nitrogen and oxygen atoms in total. The van der Waals surface area contributed by atoms with Gasteiger partial charge in [0.05, 0.1) is 6.04 Å². The van der Waals surface area contributed by atoms with Crippen LogP contribution in [0.25, 0.3) is 0 Å². The maximum atomic E-state index is 11.6. The van der Waals surface area contributed by atoms with Crippen LogP contribution in [0.5, 0.6) is 0 Å². The molecular weight excluding hydrogens is 216 g/mol. The lowest BCUT2D eigenvalue weighted by molar-refractivity contribution is -0.123. The van der Waals surface area contributed by atoms with Crippen molar-refractivity contribution in [2.75, 3.05) is 19.8 Å². The first kappa shape index (κ1) is 14.5. The zero-order chi connectivity index (χ0) is 12.7. The quantitative estimate of drug-likeness (QED) is 0.599. The second kappa shape index (κ2) is 7.67. The molecule has 3 N–H and O–H groups in total. The smallest absolute Gasteiger partial charge is 0.237 e. The summed E-state index contributed by atoms with van der Waals surface area (Å²) in [5.41, 5.74) is 5.82. The van der Waals surface area contributed by atoms with E-state index in [9.17, 15) is 4.79 Å². The number of rotatable bonds is 9. The molecule has 1 rings (SSSR count). The molecule has 0 spiro atoms. The van der Waals surface area contributed by atoms with Crippen molar-refractivity contribution in [2.45, 2.75) is 45.6 Å². The summed E-state index contributed by atoms with van der Waals surface area (Å²) < 4.78 is 5.49. The minimum absolute atomic E-state index is 0.0402. The highest BCUT2D eigenvalue weighted by Crippen LogP contribution is 2.28. The Bertz CT molecular complexity index is 229. The third kappa shape index (κ3) is 6.03. The second-order valence-electron chi connectivity index (χ2n) is 5.07. The fourth-order valence-corrected chi connectivity index (χ4v) is 1.55. The number of hydrogen-bond acceptors (Lipinski definition) is 3. The molecule has 100 valence electrons. The largest absolute Gasteiger partial charge is 0.381 e. The number of nitrogens with two attached hydrogens (primary N) is 1. The summed E-state index contributed by atoms with van der Waals surface area (Å²) in [5.74, 6) is 1.01. The Morgan fingerprint density at radius 2 is 2.24 bits per heavy atom. The average Bonchev–Trinajstić information content (AvgIpc) is 3.15. The number of amides is 1. The Morgan fingerprint density at radius 3 is 2.82 bits per heavy atom. The molecule has 0 aromatic rings. The van der Waals surface area contributed by atoms with E-state index >= 15 is 0 Å². The molecule has 1 amide bonds. The molecule has 1 fully saturated rings. The van der Waals surface area contributed by atoms with E-state index in [0.717, 1.165) is 32.0 Å². The number of hydrogen-bond donors (Lipinski definition) is 2. The Hall–Kier alpha value is -0.610. The van der Waals surface area contributed by atoms with Crippen LogP contribution in [0, 0.1) is 11.8 Å². The molecule has 0 heterocycles. The number of ether oxygens (including phenoxy) is 1. The van der Waals surface area contributed by atoms with E-state index in [1.54, 1.807) is 0 Å². The van der Waals surface area contributed by atoms with E-state index in [1.807, 2.05) is 13.8 Å². The predicted octanol–water partition coefficient (Wildman–Crippen LogP) is 1.29. The predicted molar refractivity (Wildman–Crippen MR) is 68.6 cm³/mol. The van der Waals surface area contributed by atoms with Gasteiger partial charge in [-0.3, -0.25) is 4.79 Å². The molecule has 0 aromatic carbocycles. The third-order valence-electron chi connectivity index (χ3n) is 3.37. The minimum Gasteiger partial charge on any atom is -0.381 e. The van der Waals surface area contributed by atoms with Gasteiger partial charge in [-0.05, 0) is 31.1 Å². The van der Waals surface area contributed by atoms with Crippen LogP contribution in [0.15, 0.2) is 0 Å². The summed E-state index contributed by atoms with van der Waals surface area (Å²) in [5, 5.41) is 2.86.